The van der Waals surface area contributed by atoms with Gasteiger partial charge in [-0.3, -0.25) is 0 Å². The topological polar surface area (TPSA) is 9.23 Å². The zero-order valence-electron chi connectivity index (χ0n) is 13.4. The highest BCUT2D eigenvalue weighted by molar-refractivity contribution is 14.2. The standard InChI is InChI=1S/C16H32I2OSi/c1-15(2)14-19-13-11-9-7-5-3-4-6-8-10-12-16(17,18)20/h1,3-14H2,2,20H3. The molecule has 0 rings (SSSR count). The van der Waals surface area contributed by atoms with Gasteiger partial charge < -0.3 is 4.74 Å². The Morgan fingerprint density at radius 2 is 1.40 bits per heavy atom. The van der Waals surface area contributed by atoms with Crippen LogP contribution in [0.1, 0.15) is 71.1 Å². The van der Waals surface area contributed by atoms with Gasteiger partial charge in [-0.05, 0) is 19.8 Å². The van der Waals surface area contributed by atoms with Crippen molar-refractivity contribution in [1.82, 2.24) is 0 Å². The van der Waals surface area contributed by atoms with Crippen LogP contribution < -0.4 is 0 Å². The zero-order valence-corrected chi connectivity index (χ0v) is 19.7. The fourth-order valence-electron chi connectivity index (χ4n) is 2.12. The molecule has 0 aliphatic carbocycles. The van der Waals surface area contributed by atoms with E-state index in [2.05, 4.69) is 51.8 Å². The van der Waals surface area contributed by atoms with Gasteiger partial charge in [-0.2, -0.15) is 0 Å². The van der Waals surface area contributed by atoms with E-state index in [1.807, 2.05) is 6.92 Å². The molecule has 0 aromatic carbocycles. The molecule has 0 heterocycles. The average molecular weight is 522 g/mol. The lowest BCUT2D eigenvalue weighted by atomic mass is 10.1. The molecule has 0 N–H and O–H groups in total. The Hall–Kier alpha value is 1.38. The van der Waals surface area contributed by atoms with E-state index in [0.29, 0.717) is 1.05 Å². The second-order valence-corrected chi connectivity index (χ2v) is 18.6. The molecule has 0 radical (unpaired) electrons. The van der Waals surface area contributed by atoms with Gasteiger partial charge in [0, 0.05) is 16.8 Å². The monoisotopic (exact) mass is 522 g/mol. The lowest BCUT2D eigenvalue weighted by Gasteiger charge is -2.13. The van der Waals surface area contributed by atoms with Gasteiger partial charge in [-0.25, -0.2) is 0 Å². The molecule has 20 heavy (non-hydrogen) atoms. The largest absolute Gasteiger partial charge is 0.377 e. The Morgan fingerprint density at radius 1 is 0.950 bits per heavy atom. The number of hydrogen-bond donors (Lipinski definition) is 0. The van der Waals surface area contributed by atoms with E-state index in [1.165, 1.54) is 74.5 Å². The first kappa shape index (κ1) is 21.4. The minimum atomic E-state index is 0.599. The molecule has 120 valence electrons. The first-order valence-electron chi connectivity index (χ1n) is 8.02. The molecule has 0 saturated carbocycles. The summed E-state index contributed by atoms with van der Waals surface area (Å²) in [6.07, 6.45) is 13.9. The number of unbranched alkanes of at least 4 members (excludes halogenated alkanes) is 8. The first-order valence-corrected chi connectivity index (χ1v) is 11.2. The minimum absolute atomic E-state index is 0.599. The molecule has 4 heteroatoms. The Labute approximate surface area is 156 Å². The normalized spacial score (nSPS) is 11.9. The molecular formula is C16H32I2OSi. The molecule has 0 bridgehead atoms. The van der Waals surface area contributed by atoms with Crippen molar-refractivity contribution in [3.05, 3.63) is 12.2 Å². The van der Waals surface area contributed by atoms with Gasteiger partial charge in [-0.1, -0.05) is 109 Å². The highest BCUT2D eigenvalue weighted by atomic mass is 127. The highest BCUT2D eigenvalue weighted by Crippen LogP contribution is 2.29. The molecule has 0 unspecified atom stereocenters. The average Bonchev–Trinajstić information content (AvgIpc) is 2.33. The summed E-state index contributed by atoms with van der Waals surface area (Å²) in [5.41, 5.74) is 1.12. The van der Waals surface area contributed by atoms with Crippen molar-refractivity contribution in [2.24, 2.45) is 0 Å². The number of alkyl halides is 2. The van der Waals surface area contributed by atoms with Crippen LogP contribution in [0.3, 0.4) is 0 Å². The van der Waals surface area contributed by atoms with E-state index in [0.717, 1.165) is 18.8 Å². The van der Waals surface area contributed by atoms with E-state index >= 15 is 0 Å². The van der Waals surface area contributed by atoms with E-state index in [4.69, 9.17) is 4.74 Å². The van der Waals surface area contributed by atoms with Gasteiger partial charge >= 0.3 is 0 Å². The maximum absolute atomic E-state index is 5.50. The SMILES string of the molecule is C=C(C)COCCCCCCCCCCCC([SiH3])(I)I. The predicted molar refractivity (Wildman–Crippen MR) is 113 cm³/mol. The predicted octanol–water partition coefficient (Wildman–Crippen LogP) is 5.37. The third kappa shape index (κ3) is 19.4. The van der Waals surface area contributed by atoms with Crippen LogP contribution in [0.25, 0.3) is 0 Å². The fourth-order valence-corrected chi connectivity index (χ4v) is 3.24. The van der Waals surface area contributed by atoms with Crippen LogP contribution in [-0.4, -0.2) is 24.5 Å². The molecule has 0 aromatic heterocycles. The molecule has 0 saturated heterocycles. The maximum Gasteiger partial charge on any atom is 0.0671 e. The van der Waals surface area contributed by atoms with Crippen LogP contribution in [0, 0.1) is 0 Å². The molecular weight excluding hydrogens is 490 g/mol. The van der Waals surface area contributed by atoms with E-state index < -0.39 is 0 Å². The van der Waals surface area contributed by atoms with Crippen molar-refractivity contribution in [3.8, 4) is 0 Å². The van der Waals surface area contributed by atoms with Gasteiger partial charge in [0.15, 0.2) is 0 Å². The van der Waals surface area contributed by atoms with Crippen molar-refractivity contribution in [3.63, 3.8) is 0 Å². The van der Waals surface area contributed by atoms with Crippen LogP contribution in [0.5, 0.6) is 0 Å². The molecule has 0 aliphatic rings. The zero-order chi connectivity index (χ0) is 15.3. The Bertz CT molecular complexity index is 239. The van der Waals surface area contributed by atoms with E-state index in [9.17, 15) is 0 Å². The van der Waals surface area contributed by atoms with Gasteiger partial charge in [0.25, 0.3) is 0 Å². The van der Waals surface area contributed by atoms with Crippen LogP contribution in [0.4, 0.5) is 0 Å². The van der Waals surface area contributed by atoms with Crippen molar-refractivity contribution in [2.45, 2.75) is 72.2 Å². The summed E-state index contributed by atoms with van der Waals surface area (Å²) in [5.74, 6) is 0. The summed E-state index contributed by atoms with van der Waals surface area (Å²) >= 11 is 5.21. The smallest absolute Gasteiger partial charge is 0.0671 e. The Kier molecular flexibility index (Phi) is 15.0. The summed E-state index contributed by atoms with van der Waals surface area (Å²) < 4.78 is 6.10. The van der Waals surface area contributed by atoms with Gasteiger partial charge in [0.05, 0.1) is 7.66 Å². The second kappa shape index (κ2) is 14.0. The molecule has 1 nitrogen and oxygen atoms in total. The molecule has 0 spiro atoms. The lowest BCUT2D eigenvalue weighted by Crippen LogP contribution is -2.08. The summed E-state index contributed by atoms with van der Waals surface area (Å²) in [6.45, 7) is 7.49. The maximum atomic E-state index is 5.50. The van der Waals surface area contributed by atoms with Gasteiger partial charge in [0.1, 0.15) is 0 Å². The summed E-state index contributed by atoms with van der Waals surface area (Å²) in [6, 6.07) is 0. The van der Waals surface area contributed by atoms with Crippen LogP contribution in [-0.2, 0) is 4.74 Å². The van der Waals surface area contributed by atoms with E-state index in [-0.39, 0.29) is 0 Å². The van der Waals surface area contributed by atoms with Crippen LogP contribution >= 0.6 is 45.2 Å². The number of rotatable bonds is 14. The van der Waals surface area contributed by atoms with Gasteiger partial charge in [0.2, 0.25) is 0 Å². The van der Waals surface area contributed by atoms with Crippen molar-refractivity contribution >= 4 is 55.4 Å². The Morgan fingerprint density at radius 3 is 1.85 bits per heavy atom. The third-order valence-electron chi connectivity index (χ3n) is 3.25. The molecule has 0 aromatic rings. The van der Waals surface area contributed by atoms with E-state index in [1.54, 1.807) is 0 Å². The number of halogens is 2. The summed E-state index contributed by atoms with van der Waals surface area (Å²) in [7, 11) is 1.31. The molecule has 0 fully saturated rings. The molecule has 0 atom stereocenters. The van der Waals surface area contributed by atoms with Crippen molar-refractivity contribution in [2.75, 3.05) is 13.2 Å². The Balaban J connectivity index is 3.05. The fraction of sp³-hybridized carbons (Fsp3) is 0.875. The van der Waals surface area contributed by atoms with Crippen LogP contribution in [0.2, 0.25) is 0 Å². The highest BCUT2D eigenvalue weighted by Gasteiger charge is 2.12. The van der Waals surface area contributed by atoms with Gasteiger partial charge in [-0.15, -0.1) is 0 Å². The summed E-state index contributed by atoms with van der Waals surface area (Å²) in [4.78, 5) is 0. The van der Waals surface area contributed by atoms with Crippen molar-refractivity contribution in [1.29, 1.82) is 0 Å². The third-order valence-corrected chi connectivity index (χ3v) is 4.83. The summed E-state index contributed by atoms with van der Waals surface area (Å²) in [5, 5.41) is 0. The quantitative estimate of drug-likeness (QED) is 0.0981. The molecule has 0 amide bonds. The second-order valence-electron chi connectivity index (χ2n) is 6.01. The minimum Gasteiger partial charge on any atom is -0.377 e. The van der Waals surface area contributed by atoms with Crippen molar-refractivity contribution < 1.29 is 4.74 Å². The number of ether oxygens (including phenoxy) is 1. The molecule has 0 aliphatic heterocycles. The number of hydrogen-bond acceptors (Lipinski definition) is 1. The lowest BCUT2D eigenvalue weighted by molar-refractivity contribution is 0.151. The van der Waals surface area contributed by atoms with Crippen LogP contribution in [0.15, 0.2) is 12.2 Å². The first-order chi connectivity index (χ1) is 9.42.